The van der Waals surface area contributed by atoms with E-state index in [-0.39, 0.29) is 24.2 Å². The smallest absolute Gasteiger partial charge is 0.257 e. The number of ether oxygens (including phenoxy) is 3. The molecule has 2 aliphatic heterocycles. The van der Waals surface area contributed by atoms with E-state index in [1.165, 1.54) is 12.8 Å². The molecule has 5 aliphatic rings. The first-order chi connectivity index (χ1) is 16.9. The van der Waals surface area contributed by atoms with Crippen LogP contribution in [0.4, 0.5) is 8.78 Å². The fraction of sp³-hybridized carbons (Fsp3) is 0.640. The number of pyridine rings is 1. The average molecular weight is 484 g/mol. The zero-order valence-corrected chi connectivity index (χ0v) is 19.4. The van der Waals surface area contributed by atoms with Crippen molar-refractivity contribution < 1.29 is 23.0 Å². The van der Waals surface area contributed by atoms with Crippen LogP contribution in [0.1, 0.15) is 37.7 Å². The Bertz CT molecular complexity index is 1200. The minimum atomic E-state index is -2.48. The van der Waals surface area contributed by atoms with Gasteiger partial charge < -0.3 is 14.2 Å². The Morgan fingerprint density at radius 1 is 1.17 bits per heavy atom. The Balaban J connectivity index is 1.02. The van der Waals surface area contributed by atoms with Gasteiger partial charge in [0.15, 0.2) is 6.29 Å². The molecule has 4 heterocycles. The predicted octanol–water partition coefficient (Wildman–Crippen LogP) is 2.73. The van der Waals surface area contributed by atoms with Crippen LogP contribution in [0.5, 0.6) is 5.75 Å². The third kappa shape index (κ3) is 4.20. The number of aromatic nitrogens is 4. The lowest BCUT2D eigenvalue weighted by Crippen LogP contribution is -2.51. The fourth-order valence-corrected chi connectivity index (χ4v) is 4.91. The highest BCUT2D eigenvalue weighted by molar-refractivity contribution is 5.63. The standard InChI is InChI=1S/C25H27F2N5O3/c26-25(27)12-24(25)13-31(14-24)7-1-2-17-8-20(35-18-3-4-18)22(28-9-17)19-10-32(30-29-19)11-21-33-15-23(5-6-23)16-34-21/h8-10,18,21H,3-7,11-16H2. The number of rotatable bonds is 6. The van der Waals surface area contributed by atoms with Gasteiger partial charge >= 0.3 is 0 Å². The summed E-state index contributed by atoms with van der Waals surface area (Å²) >= 11 is 0. The number of hydrogen-bond acceptors (Lipinski definition) is 7. The molecular weight excluding hydrogens is 456 g/mol. The second-order valence-electron chi connectivity index (χ2n) is 10.9. The third-order valence-electron chi connectivity index (χ3n) is 7.70. The molecule has 2 aromatic heterocycles. The summed E-state index contributed by atoms with van der Waals surface area (Å²) in [5.74, 6) is 4.34. The summed E-state index contributed by atoms with van der Waals surface area (Å²) in [7, 11) is 0. The number of alkyl halides is 2. The molecule has 8 nitrogen and oxygen atoms in total. The maximum atomic E-state index is 13.4. The maximum absolute atomic E-state index is 13.4. The molecule has 2 spiro atoms. The van der Waals surface area contributed by atoms with Crippen molar-refractivity contribution in [3.63, 3.8) is 0 Å². The van der Waals surface area contributed by atoms with Crippen molar-refractivity contribution in [3.8, 4) is 29.0 Å². The summed E-state index contributed by atoms with van der Waals surface area (Å²) in [6.45, 7) is 3.28. The molecule has 0 unspecified atom stereocenters. The van der Waals surface area contributed by atoms with Gasteiger partial charge in [-0.05, 0) is 31.7 Å². The molecule has 10 heteroatoms. The van der Waals surface area contributed by atoms with Gasteiger partial charge in [-0.1, -0.05) is 17.1 Å². The van der Waals surface area contributed by atoms with Gasteiger partial charge in [0.1, 0.15) is 17.1 Å². The molecule has 0 radical (unpaired) electrons. The zero-order chi connectivity index (χ0) is 23.7. The first-order valence-corrected chi connectivity index (χ1v) is 12.3. The summed E-state index contributed by atoms with van der Waals surface area (Å²) in [5, 5.41) is 8.53. The Morgan fingerprint density at radius 3 is 2.63 bits per heavy atom. The topological polar surface area (TPSA) is 74.5 Å². The number of hydrogen-bond donors (Lipinski definition) is 0. The molecule has 3 aliphatic carbocycles. The molecule has 3 saturated carbocycles. The van der Waals surface area contributed by atoms with Crippen molar-refractivity contribution >= 4 is 0 Å². The lowest BCUT2D eigenvalue weighted by atomic mass is 9.96. The Kier molecular flexibility index (Phi) is 4.76. The van der Waals surface area contributed by atoms with Crippen LogP contribution >= 0.6 is 0 Å². The SMILES string of the molecule is FC1(F)CC12CN(CC#Cc1cnc(-c3cn(CC4OCC5(CC5)CO4)nn3)c(OC3CC3)c1)C2. The van der Waals surface area contributed by atoms with E-state index in [0.29, 0.717) is 43.3 Å². The first-order valence-electron chi connectivity index (χ1n) is 12.3. The van der Waals surface area contributed by atoms with Crippen LogP contribution in [0.25, 0.3) is 11.4 Å². The first kappa shape index (κ1) is 21.7. The van der Waals surface area contributed by atoms with E-state index >= 15 is 0 Å². The molecule has 2 aromatic rings. The van der Waals surface area contributed by atoms with Crippen molar-refractivity contribution in [2.24, 2.45) is 10.8 Å². The van der Waals surface area contributed by atoms with E-state index in [0.717, 1.165) is 31.6 Å². The molecule has 0 aromatic carbocycles. The minimum Gasteiger partial charge on any atom is -0.488 e. The second-order valence-corrected chi connectivity index (χ2v) is 10.9. The molecule has 2 saturated heterocycles. The Labute approximate surface area is 201 Å². The fourth-order valence-electron chi connectivity index (χ4n) is 4.91. The number of likely N-dealkylation sites (tertiary alicyclic amines) is 1. The van der Waals surface area contributed by atoms with Gasteiger partial charge in [-0.25, -0.2) is 18.4 Å². The lowest BCUT2D eigenvalue weighted by Gasteiger charge is -2.38. The monoisotopic (exact) mass is 483 g/mol. The molecular formula is C25H27F2N5O3. The molecule has 7 rings (SSSR count). The van der Waals surface area contributed by atoms with Gasteiger partial charge in [-0.2, -0.15) is 0 Å². The largest absolute Gasteiger partial charge is 0.488 e. The molecule has 0 atom stereocenters. The molecule has 0 N–H and O–H groups in total. The van der Waals surface area contributed by atoms with Gasteiger partial charge in [-0.3, -0.25) is 4.90 Å². The summed E-state index contributed by atoms with van der Waals surface area (Å²) < 4.78 is 46.3. The van der Waals surface area contributed by atoms with E-state index in [9.17, 15) is 8.78 Å². The van der Waals surface area contributed by atoms with E-state index in [1.54, 1.807) is 10.9 Å². The van der Waals surface area contributed by atoms with Crippen molar-refractivity contribution in [3.05, 3.63) is 24.0 Å². The average Bonchev–Trinajstić information content (AvgIpc) is 3.77. The minimum absolute atomic E-state index is 0.0171. The van der Waals surface area contributed by atoms with Gasteiger partial charge in [0.25, 0.3) is 5.92 Å². The molecule has 0 bridgehead atoms. The highest BCUT2D eigenvalue weighted by Crippen LogP contribution is 2.65. The molecule has 35 heavy (non-hydrogen) atoms. The van der Waals surface area contributed by atoms with Crippen molar-refractivity contribution in [2.45, 2.75) is 57.0 Å². The van der Waals surface area contributed by atoms with E-state index in [2.05, 4.69) is 27.1 Å². The second kappa shape index (κ2) is 7.69. The van der Waals surface area contributed by atoms with Crippen LogP contribution < -0.4 is 4.74 Å². The highest BCUT2D eigenvalue weighted by Gasteiger charge is 2.75. The highest BCUT2D eigenvalue weighted by atomic mass is 19.3. The van der Waals surface area contributed by atoms with Gasteiger partial charge in [0.2, 0.25) is 0 Å². The number of halogens is 2. The van der Waals surface area contributed by atoms with E-state index < -0.39 is 11.3 Å². The lowest BCUT2D eigenvalue weighted by molar-refractivity contribution is -0.213. The van der Waals surface area contributed by atoms with Crippen molar-refractivity contribution in [2.75, 3.05) is 32.8 Å². The predicted molar refractivity (Wildman–Crippen MR) is 120 cm³/mol. The Morgan fingerprint density at radius 2 is 1.94 bits per heavy atom. The summed E-state index contributed by atoms with van der Waals surface area (Å²) in [4.78, 5) is 6.54. The van der Waals surface area contributed by atoms with Gasteiger partial charge in [0, 0.05) is 36.7 Å². The normalized spacial score (nSPS) is 25.7. The molecule has 0 amide bonds. The van der Waals surface area contributed by atoms with E-state index in [4.69, 9.17) is 14.2 Å². The molecule has 184 valence electrons. The van der Waals surface area contributed by atoms with Crippen LogP contribution in [0.3, 0.4) is 0 Å². The van der Waals surface area contributed by atoms with E-state index in [1.807, 2.05) is 17.2 Å². The van der Waals surface area contributed by atoms with Crippen LogP contribution in [0.2, 0.25) is 0 Å². The quantitative estimate of drug-likeness (QED) is 0.585. The summed E-state index contributed by atoms with van der Waals surface area (Å²) in [6, 6.07) is 1.88. The zero-order valence-electron chi connectivity index (χ0n) is 19.4. The van der Waals surface area contributed by atoms with Gasteiger partial charge in [-0.15, -0.1) is 5.10 Å². The van der Waals surface area contributed by atoms with Crippen molar-refractivity contribution in [1.29, 1.82) is 0 Å². The summed E-state index contributed by atoms with van der Waals surface area (Å²) in [6.07, 6.45) is 7.79. The van der Waals surface area contributed by atoms with Crippen LogP contribution in [0.15, 0.2) is 18.5 Å². The van der Waals surface area contributed by atoms with Gasteiger partial charge in [0.05, 0.1) is 44.0 Å². The molecule has 5 fully saturated rings. The maximum Gasteiger partial charge on any atom is 0.257 e. The Hall–Kier alpha value is -2.61. The van der Waals surface area contributed by atoms with Crippen LogP contribution in [-0.4, -0.2) is 76.0 Å². The third-order valence-corrected chi connectivity index (χ3v) is 7.70. The number of nitrogens with zero attached hydrogens (tertiary/aromatic N) is 5. The van der Waals surface area contributed by atoms with Crippen LogP contribution in [-0.2, 0) is 16.0 Å². The summed E-state index contributed by atoms with van der Waals surface area (Å²) in [5.41, 5.74) is 1.45. The van der Waals surface area contributed by atoms with Crippen LogP contribution in [0, 0.1) is 22.7 Å². The van der Waals surface area contributed by atoms with Crippen molar-refractivity contribution in [1.82, 2.24) is 24.9 Å².